The molecule has 2 aromatic carbocycles. The Morgan fingerprint density at radius 2 is 1.75 bits per heavy atom. The molecule has 7 heteroatoms. The Hall–Kier alpha value is -2.38. The standard InChI is InChI=1S/C17H11BrN2O3S/c18-12-4-2-8(22)6-11(12)15-13-14(19-17(24)20-15)10-5-7(21)1-3-9(10)16(13)23/h1-6,15,21-22H,(H2,19,20,24). The molecule has 0 spiro atoms. The second-order valence-corrected chi connectivity index (χ2v) is 6.85. The van der Waals surface area contributed by atoms with Gasteiger partial charge in [0.15, 0.2) is 10.9 Å². The van der Waals surface area contributed by atoms with Crippen molar-refractivity contribution in [3.8, 4) is 11.5 Å². The zero-order valence-electron chi connectivity index (χ0n) is 12.1. The minimum absolute atomic E-state index is 0.0802. The minimum Gasteiger partial charge on any atom is -0.508 e. The lowest BCUT2D eigenvalue weighted by Crippen LogP contribution is -2.43. The van der Waals surface area contributed by atoms with Crippen molar-refractivity contribution in [1.29, 1.82) is 0 Å². The fourth-order valence-electron chi connectivity index (χ4n) is 3.09. The number of Topliss-reactive ketones (excluding diaryl/α,β-unsaturated/α-hetero) is 1. The van der Waals surface area contributed by atoms with Crippen LogP contribution in [0.5, 0.6) is 11.5 Å². The molecular weight excluding hydrogens is 392 g/mol. The Bertz CT molecular complexity index is 955. The van der Waals surface area contributed by atoms with E-state index in [4.69, 9.17) is 12.2 Å². The molecule has 0 saturated heterocycles. The number of phenolic OH excluding ortho intramolecular Hbond substituents is 2. The van der Waals surface area contributed by atoms with Crippen molar-refractivity contribution in [2.24, 2.45) is 0 Å². The van der Waals surface area contributed by atoms with Gasteiger partial charge in [-0.05, 0) is 54.2 Å². The Kier molecular flexibility index (Phi) is 3.36. The molecule has 0 saturated carbocycles. The maximum Gasteiger partial charge on any atom is 0.194 e. The van der Waals surface area contributed by atoms with Gasteiger partial charge < -0.3 is 20.8 Å². The predicted octanol–water partition coefficient (Wildman–Crippen LogP) is 2.99. The summed E-state index contributed by atoms with van der Waals surface area (Å²) in [7, 11) is 0. The Morgan fingerprint density at radius 3 is 2.54 bits per heavy atom. The molecule has 2 aliphatic rings. The molecule has 1 unspecified atom stereocenters. The Morgan fingerprint density at radius 1 is 1.04 bits per heavy atom. The average Bonchev–Trinajstić information content (AvgIpc) is 2.81. The fourth-order valence-corrected chi connectivity index (χ4v) is 3.78. The summed E-state index contributed by atoms with van der Waals surface area (Å²) in [5, 5.41) is 26.1. The summed E-state index contributed by atoms with van der Waals surface area (Å²) in [6.07, 6.45) is 0. The molecular formula is C17H11BrN2O3S. The van der Waals surface area contributed by atoms with Crippen molar-refractivity contribution in [2.45, 2.75) is 6.04 Å². The topological polar surface area (TPSA) is 81.6 Å². The molecule has 1 heterocycles. The van der Waals surface area contributed by atoms with Gasteiger partial charge in [0.25, 0.3) is 0 Å². The highest BCUT2D eigenvalue weighted by Crippen LogP contribution is 2.43. The van der Waals surface area contributed by atoms with Crippen molar-refractivity contribution in [1.82, 2.24) is 10.6 Å². The van der Waals surface area contributed by atoms with Gasteiger partial charge in [-0.15, -0.1) is 0 Å². The highest BCUT2D eigenvalue weighted by atomic mass is 79.9. The normalized spacial score (nSPS) is 18.8. The number of fused-ring (bicyclic) bond motifs is 2. The van der Waals surface area contributed by atoms with E-state index in [-0.39, 0.29) is 17.3 Å². The molecule has 0 amide bonds. The minimum atomic E-state index is -0.503. The van der Waals surface area contributed by atoms with Crippen LogP contribution in [0.25, 0.3) is 5.70 Å². The molecule has 0 fully saturated rings. The third-order valence-electron chi connectivity index (χ3n) is 4.12. The summed E-state index contributed by atoms with van der Waals surface area (Å²) in [4.78, 5) is 12.9. The van der Waals surface area contributed by atoms with E-state index in [9.17, 15) is 15.0 Å². The van der Waals surface area contributed by atoms with E-state index >= 15 is 0 Å². The lowest BCUT2D eigenvalue weighted by Gasteiger charge is -2.29. The summed E-state index contributed by atoms with van der Waals surface area (Å²) >= 11 is 8.74. The zero-order valence-corrected chi connectivity index (χ0v) is 14.5. The smallest absolute Gasteiger partial charge is 0.194 e. The number of halogens is 1. The van der Waals surface area contributed by atoms with Crippen molar-refractivity contribution >= 4 is 44.7 Å². The largest absolute Gasteiger partial charge is 0.508 e. The summed E-state index contributed by atoms with van der Waals surface area (Å²) in [5.41, 5.74) is 2.94. The molecule has 120 valence electrons. The zero-order chi connectivity index (χ0) is 17.0. The molecule has 4 N–H and O–H groups in total. The van der Waals surface area contributed by atoms with Crippen LogP contribution in [0.2, 0.25) is 0 Å². The molecule has 24 heavy (non-hydrogen) atoms. The van der Waals surface area contributed by atoms with E-state index < -0.39 is 6.04 Å². The van der Waals surface area contributed by atoms with E-state index in [1.807, 2.05) is 0 Å². The first-order valence-electron chi connectivity index (χ1n) is 7.14. The van der Waals surface area contributed by atoms with E-state index in [0.717, 1.165) is 4.47 Å². The van der Waals surface area contributed by atoms with Crippen molar-refractivity contribution in [3.63, 3.8) is 0 Å². The maximum atomic E-state index is 12.9. The van der Waals surface area contributed by atoms with E-state index in [1.165, 1.54) is 6.07 Å². The number of aromatic hydroxyl groups is 2. The van der Waals surface area contributed by atoms with Gasteiger partial charge in [-0.2, -0.15) is 0 Å². The third-order valence-corrected chi connectivity index (χ3v) is 5.07. The van der Waals surface area contributed by atoms with Crippen LogP contribution in [0.15, 0.2) is 46.4 Å². The third kappa shape index (κ3) is 2.20. The van der Waals surface area contributed by atoms with Crippen molar-refractivity contribution < 1.29 is 15.0 Å². The van der Waals surface area contributed by atoms with Crippen LogP contribution >= 0.6 is 28.1 Å². The number of thiocarbonyl (C=S) groups is 1. The SMILES string of the molecule is O=C1C2=C(NC(=S)NC2c2cc(O)ccc2Br)c2cc(O)ccc21. The summed E-state index contributed by atoms with van der Waals surface area (Å²) in [6.45, 7) is 0. The Labute approximate surface area is 151 Å². The summed E-state index contributed by atoms with van der Waals surface area (Å²) < 4.78 is 0.751. The molecule has 1 atom stereocenters. The number of carbonyl (C=O) groups is 1. The van der Waals surface area contributed by atoms with E-state index in [2.05, 4.69) is 26.6 Å². The first-order valence-corrected chi connectivity index (χ1v) is 8.34. The molecule has 5 nitrogen and oxygen atoms in total. The second kappa shape index (κ2) is 5.32. The molecule has 0 radical (unpaired) electrons. The van der Waals surface area contributed by atoms with Gasteiger partial charge in [0.2, 0.25) is 0 Å². The highest BCUT2D eigenvalue weighted by Gasteiger charge is 2.39. The van der Waals surface area contributed by atoms with Crippen LogP contribution in [0.1, 0.15) is 27.5 Å². The number of benzene rings is 2. The van der Waals surface area contributed by atoms with E-state index in [1.54, 1.807) is 30.3 Å². The number of nitrogens with one attached hydrogen (secondary N) is 2. The number of phenols is 2. The molecule has 1 aliphatic carbocycles. The molecule has 2 aromatic rings. The number of ketones is 1. The van der Waals surface area contributed by atoms with Crippen LogP contribution in [-0.4, -0.2) is 21.1 Å². The average molecular weight is 403 g/mol. The number of hydrogen-bond donors (Lipinski definition) is 4. The van der Waals surface area contributed by atoms with E-state index in [0.29, 0.717) is 33.1 Å². The van der Waals surface area contributed by atoms with Crippen LogP contribution in [-0.2, 0) is 0 Å². The molecule has 1 aliphatic heterocycles. The van der Waals surface area contributed by atoms with Gasteiger partial charge >= 0.3 is 0 Å². The maximum absolute atomic E-state index is 12.9. The first kappa shape index (κ1) is 15.2. The predicted molar refractivity (Wildman–Crippen MR) is 96.8 cm³/mol. The second-order valence-electron chi connectivity index (χ2n) is 5.58. The quantitative estimate of drug-likeness (QED) is 0.549. The van der Waals surface area contributed by atoms with Crippen molar-refractivity contribution in [2.75, 3.05) is 0 Å². The highest BCUT2D eigenvalue weighted by molar-refractivity contribution is 9.10. The van der Waals surface area contributed by atoms with Crippen LogP contribution < -0.4 is 10.6 Å². The van der Waals surface area contributed by atoms with Gasteiger partial charge in [-0.25, -0.2) is 0 Å². The number of carbonyl (C=O) groups excluding carboxylic acids is 1. The monoisotopic (exact) mass is 402 g/mol. The molecule has 0 aromatic heterocycles. The van der Waals surface area contributed by atoms with Gasteiger partial charge in [-0.1, -0.05) is 15.9 Å². The first-order chi connectivity index (χ1) is 11.5. The number of rotatable bonds is 1. The van der Waals surface area contributed by atoms with Crippen LogP contribution in [0.3, 0.4) is 0 Å². The molecule has 4 rings (SSSR count). The van der Waals surface area contributed by atoms with Crippen LogP contribution in [0, 0.1) is 0 Å². The van der Waals surface area contributed by atoms with Gasteiger partial charge in [0.1, 0.15) is 11.5 Å². The van der Waals surface area contributed by atoms with Gasteiger partial charge in [-0.3, -0.25) is 4.79 Å². The van der Waals surface area contributed by atoms with Gasteiger partial charge in [0, 0.05) is 15.6 Å². The summed E-state index contributed by atoms with van der Waals surface area (Å²) in [6, 6.07) is 9.00. The fraction of sp³-hybridized carbons (Fsp3) is 0.0588. The van der Waals surface area contributed by atoms with Gasteiger partial charge in [0.05, 0.1) is 17.3 Å². The Balaban J connectivity index is 1.93. The van der Waals surface area contributed by atoms with Crippen molar-refractivity contribution in [3.05, 3.63) is 63.1 Å². The number of hydrogen-bond acceptors (Lipinski definition) is 4. The van der Waals surface area contributed by atoms with Crippen LogP contribution in [0.4, 0.5) is 0 Å². The molecule has 0 bridgehead atoms. The lowest BCUT2D eigenvalue weighted by atomic mass is 9.94. The lowest BCUT2D eigenvalue weighted by molar-refractivity contribution is 0.103. The summed E-state index contributed by atoms with van der Waals surface area (Å²) in [5.74, 6) is 0.0431.